The molecule has 0 atom stereocenters. The fourth-order valence-corrected chi connectivity index (χ4v) is 3.50. The minimum atomic E-state index is -0.319. The monoisotopic (exact) mass is 345 g/mol. The Balaban J connectivity index is 1.42. The molecule has 0 radical (unpaired) electrons. The molecular weight excluding hydrogens is 322 g/mol. The molecule has 2 aromatic carbocycles. The van der Waals surface area contributed by atoms with Crippen LogP contribution < -0.4 is 5.32 Å². The summed E-state index contributed by atoms with van der Waals surface area (Å²) in [7, 11) is 0. The zero-order valence-corrected chi connectivity index (χ0v) is 15.0. The van der Waals surface area contributed by atoms with Gasteiger partial charge in [0.2, 0.25) is 5.91 Å². The first kappa shape index (κ1) is 16.6. The van der Waals surface area contributed by atoms with Gasteiger partial charge in [-0.25, -0.2) is 4.98 Å². The summed E-state index contributed by atoms with van der Waals surface area (Å²) < 4.78 is 2.04. The fourth-order valence-electron chi connectivity index (χ4n) is 3.50. The number of amides is 1. The van der Waals surface area contributed by atoms with E-state index in [1.165, 1.54) is 11.1 Å². The molecule has 4 nitrogen and oxygen atoms in total. The highest BCUT2D eigenvalue weighted by atomic mass is 16.2. The van der Waals surface area contributed by atoms with Crippen LogP contribution in [0.15, 0.2) is 67.3 Å². The lowest BCUT2D eigenvalue weighted by atomic mass is 9.93. The number of nitrogens with one attached hydrogen (secondary N) is 1. The molecule has 0 spiro atoms. The van der Waals surface area contributed by atoms with Gasteiger partial charge in [0.25, 0.3) is 0 Å². The van der Waals surface area contributed by atoms with Gasteiger partial charge in [-0.15, -0.1) is 0 Å². The van der Waals surface area contributed by atoms with Crippen LogP contribution in [-0.2, 0) is 23.3 Å². The minimum absolute atomic E-state index is 0.142. The molecule has 0 aliphatic heterocycles. The van der Waals surface area contributed by atoms with Gasteiger partial charge in [0, 0.05) is 25.5 Å². The Morgan fingerprint density at radius 1 is 1.15 bits per heavy atom. The maximum Gasteiger partial charge on any atom is 0.230 e. The quantitative estimate of drug-likeness (QED) is 0.742. The molecule has 26 heavy (non-hydrogen) atoms. The normalized spacial score (nSPS) is 14.8. The van der Waals surface area contributed by atoms with Crippen LogP contribution in [0, 0.1) is 6.92 Å². The van der Waals surface area contributed by atoms with Crippen LogP contribution in [0.25, 0.3) is 0 Å². The average molecular weight is 345 g/mol. The lowest BCUT2D eigenvalue weighted by Gasteiger charge is -2.16. The second-order valence-corrected chi connectivity index (χ2v) is 7.19. The number of benzene rings is 2. The Morgan fingerprint density at radius 3 is 2.69 bits per heavy atom. The zero-order valence-electron chi connectivity index (χ0n) is 15.0. The summed E-state index contributed by atoms with van der Waals surface area (Å²) in [5, 5.41) is 3.15. The average Bonchev–Trinajstić information content (AvgIpc) is 3.31. The third-order valence-corrected chi connectivity index (χ3v) is 5.12. The predicted octanol–water partition coefficient (Wildman–Crippen LogP) is 3.59. The number of aromatic nitrogens is 2. The Bertz CT molecular complexity index is 911. The van der Waals surface area contributed by atoms with Crippen LogP contribution in [0.4, 0.5) is 0 Å². The van der Waals surface area contributed by atoms with Crippen molar-refractivity contribution < 1.29 is 4.79 Å². The summed E-state index contributed by atoms with van der Waals surface area (Å²) in [5.41, 5.74) is 4.35. The van der Waals surface area contributed by atoms with E-state index in [4.69, 9.17) is 0 Å². The molecule has 1 heterocycles. The standard InChI is InChI=1S/C22H23N3O/c1-17-4-2-7-20(12-17)22(8-9-22)21(26)24-14-18-5-3-6-19(13-18)15-25-11-10-23-16-25/h2-7,10-13,16H,8-9,14-15H2,1H3,(H,24,26). The second kappa shape index (κ2) is 6.79. The van der Waals surface area contributed by atoms with Crippen LogP contribution in [0.1, 0.15) is 35.1 Å². The van der Waals surface area contributed by atoms with E-state index >= 15 is 0 Å². The highest BCUT2D eigenvalue weighted by Crippen LogP contribution is 2.48. The van der Waals surface area contributed by atoms with E-state index in [0.717, 1.165) is 30.5 Å². The van der Waals surface area contributed by atoms with Crippen LogP contribution in [0.3, 0.4) is 0 Å². The van der Waals surface area contributed by atoms with Crippen molar-refractivity contribution in [1.29, 1.82) is 0 Å². The molecule has 0 bridgehead atoms. The van der Waals surface area contributed by atoms with Crippen LogP contribution in [0.5, 0.6) is 0 Å². The van der Waals surface area contributed by atoms with Gasteiger partial charge in [-0.3, -0.25) is 4.79 Å². The molecule has 1 N–H and O–H groups in total. The lowest BCUT2D eigenvalue weighted by molar-refractivity contribution is -0.123. The van der Waals surface area contributed by atoms with Gasteiger partial charge in [-0.05, 0) is 36.5 Å². The Labute approximate surface area is 153 Å². The van der Waals surface area contributed by atoms with Crippen molar-refractivity contribution in [2.75, 3.05) is 0 Å². The van der Waals surface area contributed by atoms with Gasteiger partial charge in [0.05, 0.1) is 11.7 Å². The van der Waals surface area contributed by atoms with Gasteiger partial charge in [0.15, 0.2) is 0 Å². The van der Waals surface area contributed by atoms with E-state index < -0.39 is 0 Å². The Hall–Kier alpha value is -2.88. The van der Waals surface area contributed by atoms with Gasteiger partial charge < -0.3 is 9.88 Å². The van der Waals surface area contributed by atoms with Gasteiger partial charge in [-0.2, -0.15) is 0 Å². The molecule has 132 valence electrons. The third kappa shape index (κ3) is 3.40. The van der Waals surface area contributed by atoms with Crippen molar-refractivity contribution >= 4 is 5.91 Å². The maximum atomic E-state index is 12.8. The second-order valence-electron chi connectivity index (χ2n) is 7.19. The minimum Gasteiger partial charge on any atom is -0.351 e. The van der Waals surface area contributed by atoms with E-state index in [1.807, 2.05) is 29.2 Å². The van der Waals surface area contributed by atoms with Crippen molar-refractivity contribution in [2.24, 2.45) is 0 Å². The summed E-state index contributed by atoms with van der Waals surface area (Å²) in [6.07, 6.45) is 7.41. The first-order valence-electron chi connectivity index (χ1n) is 9.05. The van der Waals surface area contributed by atoms with E-state index in [1.54, 1.807) is 6.20 Å². The number of hydrogen-bond donors (Lipinski definition) is 1. The van der Waals surface area contributed by atoms with Crippen molar-refractivity contribution in [3.63, 3.8) is 0 Å². The Kier molecular flexibility index (Phi) is 4.33. The van der Waals surface area contributed by atoms with Gasteiger partial charge in [0.1, 0.15) is 0 Å². The van der Waals surface area contributed by atoms with Crippen molar-refractivity contribution in [3.8, 4) is 0 Å². The van der Waals surface area contributed by atoms with Gasteiger partial charge >= 0.3 is 0 Å². The van der Waals surface area contributed by atoms with Crippen LogP contribution in [0.2, 0.25) is 0 Å². The number of aryl methyl sites for hydroxylation is 1. The van der Waals surface area contributed by atoms with Crippen LogP contribution in [-0.4, -0.2) is 15.5 Å². The molecule has 1 saturated carbocycles. The van der Waals surface area contributed by atoms with Crippen molar-refractivity contribution in [2.45, 2.75) is 38.3 Å². The number of rotatable bonds is 6. The predicted molar refractivity (Wildman–Crippen MR) is 102 cm³/mol. The van der Waals surface area contributed by atoms with Gasteiger partial charge in [-0.1, -0.05) is 54.1 Å². The number of carbonyl (C=O) groups is 1. The first-order chi connectivity index (χ1) is 12.7. The Morgan fingerprint density at radius 2 is 1.96 bits per heavy atom. The third-order valence-electron chi connectivity index (χ3n) is 5.12. The maximum absolute atomic E-state index is 12.8. The molecule has 4 rings (SSSR count). The van der Waals surface area contributed by atoms with E-state index in [2.05, 4.69) is 53.6 Å². The lowest BCUT2D eigenvalue weighted by Crippen LogP contribution is -2.34. The smallest absolute Gasteiger partial charge is 0.230 e. The number of carbonyl (C=O) groups excluding carboxylic acids is 1. The summed E-state index contributed by atoms with van der Waals surface area (Å²) in [6.45, 7) is 3.42. The summed E-state index contributed by atoms with van der Waals surface area (Å²) >= 11 is 0. The highest BCUT2D eigenvalue weighted by Gasteiger charge is 2.51. The van der Waals surface area contributed by atoms with E-state index in [0.29, 0.717) is 6.54 Å². The highest BCUT2D eigenvalue weighted by molar-refractivity contribution is 5.91. The molecule has 3 aromatic rings. The van der Waals surface area contributed by atoms with E-state index in [9.17, 15) is 4.79 Å². The molecule has 0 unspecified atom stereocenters. The summed E-state index contributed by atoms with van der Waals surface area (Å²) in [4.78, 5) is 16.9. The van der Waals surface area contributed by atoms with Crippen molar-refractivity contribution in [3.05, 3.63) is 89.5 Å². The first-order valence-corrected chi connectivity index (χ1v) is 9.05. The van der Waals surface area contributed by atoms with Crippen LogP contribution >= 0.6 is 0 Å². The number of hydrogen-bond acceptors (Lipinski definition) is 2. The SMILES string of the molecule is Cc1cccc(C2(C(=O)NCc3cccc(Cn4ccnc4)c3)CC2)c1. The fraction of sp³-hybridized carbons (Fsp3) is 0.273. The molecule has 1 fully saturated rings. The molecule has 1 amide bonds. The van der Waals surface area contributed by atoms with Crippen molar-refractivity contribution in [1.82, 2.24) is 14.9 Å². The summed E-state index contributed by atoms with van der Waals surface area (Å²) in [5.74, 6) is 0.142. The molecule has 0 saturated heterocycles. The molecular formula is C22H23N3O. The molecule has 4 heteroatoms. The number of imidazole rings is 1. The molecule has 1 aliphatic rings. The largest absolute Gasteiger partial charge is 0.351 e. The number of nitrogens with zero attached hydrogens (tertiary/aromatic N) is 2. The molecule has 1 aromatic heterocycles. The molecule has 1 aliphatic carbocycles. The summed E-state index contributed by atoms with van der Waals surface area (Å²) in [6, 6.07) is 16.7. The van der Waals surface area contributed by atoms with E-state index in [-0.39, 0.29) is 11.3 Å². The topological polar surface area (TPSA) is 46.9 Å². The zero-order chi connectivity index (χ0) is 18.0.